The van der Waals surface area contributed by atoms with Crippen LogP contribution in [-0.4, -0.2) is 40.7 Å². The molecular weight excluding hydrogens is 314 g/mol. The molecule has 0 radical (unpaired) electrons. The second-order valence-electron chi connectivity index (χ2n) is 8.03. The summed E-state index contributed by atoms with van der Waals surface area (Å²) in [5.74, 6) is 0.645. The summed E-state index contributed by atoms with van der Waals surface area (Å²) in [4.78, 5) is 21.3. The van der Waals surface area contributed by atoms with Crippen molar-refractivity contribution in [2.45, 2.75) is 78.5 Å². The molecule has 140 valence electrons. The van der Waals surface area contributed by atoms with E-state index in [0.29, 0.717) is 11.9 Å². The van der Waals surface area contributed by atoms with Gasteiger partial charge in [0, 0.05) is 18.3 Å². The highest BCUT2D eigenvalue weighted by Crippen LogP contribution is 2.31. The van der Waals surface area contributed by atoms with Crippen molar-refractivity contribution in [2.24, 2.45) is 0 Å². The highest BCUT2D eigenvalue weighted by Gasteiger charge is 2.27. The number of hydrogen-bond donors (Lipinski definition) is 0. The molecule has 5 nitrogen and oxygen atoms in total. The Bertz CT molecular complexity index is 563. The molecule has 1 aliphatic rings. The van der Waals surface area contributed by atoms with Crippen molar-refractivity contribution in [2.75, 3.05) is 18.0 Å². The molecule has 0 aromatic carbocycles. The van der Waals surface area contributed by atoms with E-state index < -0.39 is 5.60 Å². The molecule has 1 aromatic heterocycles. The first kappa shape index (κ1) is 19.7. The first-order valence-corrected chi connectivity index (χ1v) is 9.45. The van der Waals surface area contributed by atoms with E-state index in [1.165, 1.54) is 24.8 Å². The molecule has 0 bridgehead atoms. The van der Waals surface area contributed by atoms with Gasteiger partial charge in [-0.05, 0) is 72.2 Å². The van der Waals surface area contributed by atoms with Crippen molar-refractivity contribution < 1.29 is 9.53 Å². The number of pyridine rings is 1. The zero-order chi connectivity index (χ0) is 18.6. The molecule has 1 atom stereocenters. The number of piperidine rings is 1. The zero-order valence-electron chi connectivity index (χ0n) is 16.6. The third-order valence-electron chi connectivity index (χ3n) is 4.53. The smallest absolute Gasteiger partial charge is 0.416 e. The summed E-state index contributed by atoms with van der Waals surface area (Å²) in [5.41, 5.74) is 0.714. The van der Waals surface area contributed by atoms with Crippen molar-refractivity contribution in [1.82, 2.24) is 9.88 Å². The van der Waals surface area contributed by atoms with Gasteiger partial charge < -0.3 is 4.74 Å². The average molecular weight is 348 g/mol. The number of hydrogen-bond acceptors (Lipinski definition) is 4. The Balaban J connectivity index is 2.19. The minimum atomic E-state index is -0.520. The first-order valence-electron chi connectivity index (χ1n) is 9.45. The fourth-order valence-corrected chi connectivity index (χ4v) is 3.36. The molecule has 1 amide bonds. The van der Waals surface area contributed by atoms with Gasteiger partial charge in [0.05, 0.1) is 0 Å². The Morgan fingerprint density at radius 1 is 1.36 bits per heavy atom. The number of rotatable bonds is 4. The van der Waals surface area contributed by atoms with Gasteiger partial charge in [0.1, 0.15) is 11.4 Å². The predicted molar refractivity (Wildman–Crippen MR) is 102 cm³/mol. The lowest BCUT2D eigenvalue weighted by atomic mass is 9.96. The summed E-state index contributed by atoms with van der Waals surface area (Å²) in [6, 6.07) is 4.48. The van der Waals surface area contributed by atoms with Gasteiger partial charge in [-0.3, -0.25) is 9.80 Å². The van der Waals surface area contributed by atoms with Crippen LogP contribution in [0.5, 0.6) is 0 Å². The number of aromatic nitrogens is 1. The van der Waals surface area contributed by atoms with Crippen LogP contribution in [-0.2, 0) is 4.74 Å². The minimum Gasteiger partial charge on any atom is -0.443 e. The monoisotopic (exact) mass is 347 g/mol. The standard InChI is InChI=1S/C20H33N3O2/c1-7-22-13-9-8-10-17(22)16-11-12-18(21-14-16)23(15(2)3)19(24)25-20(4,5)6/h11-12,14-15,17H,7-10,13H2,1-6H3/t17-/m1/s1. The molecule has 2 rings (SSSR count). The number of carbonyl (C=O) groups excluding carboxylic acids is 1. The van der Waals surface area contributed by atoms with E-state index in [1.54, 1.807) is 4.90 Å². The number of likely N-dealkylation sites (tertiary alicyclic amines) is 1. The van der Waals surface area contributed by atoms with Crippen molar-refractivity contribution in [3.63, 3.8) is 0 Å². The molecule has 0 unspecified atom stereocenters. The molecule has 1 fully saturated rings. The van der Waals surface area contributed by atoms with Crippen LogP contribution in [0, 0.1) is 0 Å². The topological polar surface area (TPSA) is 45.7 Å². The highest BCUT2D eigenvalue weighted by atomic mass is 16.6. The molecule has 1 aromatic rings. The van der Waals surface area contributed by atoms with Gasteiger partial charge in [0.2, 0.25) is 0 Å². The summed E-state index contributed by atoms with van der Waals surface area (Å²) < 4.78 is 5.54. The van der Waals surface area contributed by atoms with Crippen molar-refractivity contribution >= 4 is 11.9 Å². The Hall–Kier alpha value is -1.62. The molecule has 1 saturated heterocycles. The van der Waals surface area contributed by atoms with E-state index in [1.807, 2.05) is 46.9 Å². The van der Waals surface area contributed by atoms with Crippen LogP contribution in [0.4, 0.5) is 10.6 Å². The fourth-order valence-electron chi connectivity index (χ4n) is 3.36. The van der Waals surface area contributed by atoms with Crippen molar-refractivity contribution in [3.8, 4) is 0 Å². The summed E-state index contributed by atoms with van der Waals surface area (Å²) in [6.45, 7) is 14.0. The lowest BCUT2D eigenvalue weighted by Gasteiger charge is -2.35. The van der Waals surface area contributed by atoms with Crippen LogP contribution >= 0.6 is 0 Å². The lowest BCUT2D eigenvalue weighted by Crippen LogP contribution is -2.41. The predicted octanol–water partition coefficient (Wildman–Crippen LogP) is 4.78. The normalized spacial score (nSPS) is 19.1. The number of amides is 1. The largest absolute Gasteiger partial charge is 0.443 e. The van der Waals surface area contributed by atoms with Crippen LogP contribution in [0.1, 0.15) is 72.4 Å². The highest BCUT2D eigenvalue weighted by molar-refractivity contribution is 5.87. The summed E-state index contributed by atoms with van der Waals surface area (Å²) in [5, 5.41) is 0. The van der Waals surface area contributed by atoms with Crippen molar-refractivity contribution in [3.05, 3.63) is 23.9 Å². The Labute approximate surface area is 152 Å². The van der Waals surface area contributed by atoms with Gasteiger partial charge in [0.25, 0.3) is 0 Å². The van der Waals surface area contributed by atoms with E-state index >= 15 is 0 Å². The second kappa shape index (κ2) is 8.17. The van der Waals surface area contributed by atoms with E-state index in [-0.39, 0.29) is 12.1 Å². The first-order chi connectivity index (χ1) is 11.7. The van der Waals surface area contributed by atoms with E-state index in [0.717, 1.165) is 13.1 Å². The van der Waals surface area contributed by atoms with Gasteiger partial charge in [-0.25, -0.2) is 9.78 Å². The number of ether oxygens (including phenoxy) is 1. The van der Waals surface area contributed by atoms with Gasteiger partial charge in [-0.1, -0.05) is 19.4 Å². The average Bonchev–Trinajstić information content (AvgIpc) is 2.53. The van der Waals surface area contributed by atoms with Crippen LogP contribution in [0.15, 0.2) is 18.3 Å². The maximum Gasteiger partial charge on any atom is 0.416 e. The number of carbonyl (C=O) groups is 1. The van der Waals surface area contributed by atoms with E-state index in [4.69, 9.17) is 4.74 Å². The molecule has 0 N–H and O–H groups in total. The quantitative estimate of drug-likeness (QED) is 0.786. The Morgan fingerprint density at radius 2 is 2.08 bits per heavy atom. The van der Waals surface area contributed by atoms with Gasteiger partial charge in [-0.15, -0.1) is 0 Å². The summed E-state index contributed by atoms with van der Waals surface area (Å²) >= 11 is 0. The number of anilines is 1. The third kappa shape index (κ3) is 5.18. The molecule has 25 heavy (non-hydrogen) atoms. The minimum absolute atomic E-state index is 0.0185. The maximum atomic E-state index is 12.5. The van der Waals surface area contributed by atoms with Crippen molar-refractivity contribution in [1.29, 1.82) is 0 Å². The molecule has 5 heteroatoms. The van der Waals surface area contributed by atoms with Crippen LogP contribution in [0.2, 0.25) is 0 Å². The lowest BCUT2D eigenvalue weighted by molar-refractivity contribution is 0.0569. The van der Waals surface area contributed by atoms with E-state index in [2.05, 4.69) is 22.9 Å². The van der Waals surface area contributed by atoms with Gasteiger partial charge in [0.15, 0.2) is 0 Å². The molecule has 1 aliphatic heterocycles. The van der Waals surface area contributed by atoms with Gasteiger partial charge >= 0.3 is 6.09 Å². The maximum absolute atomic E-state index is 12.5. The summed E-state index contributed by atoms with van der Waals surface area (Å²) in [7, 11) is 0. The van der Waals surface area contributed by atoms with Crippen LogP contribution in [0.25, 0.3) is 0 Å². The molecule has 2 heterocycles. The SMILES string of the molecule is CCN1CCCC[C@@H]1c1ccc(N(C(=O)OC(C)(C)C)C(C)C)nc1. The number of nitrogens with zero attached hydrogens (tertiary/aromatic N) is 3. The Morgan fingerprint density at radius 3 is 2.60 bits per heavy atom. The summed E-state index contributed by atoms with van der Waals surface area (Å²) in [6.07, 6.45) is 5.28. The molecule has 0 saturated carbocycles. The fraction of sp³-hybridized carbons (Fsp3) is 0.700. The molecular formula is C20H33N3O2. The van der Waals surface area contributed by atoms with E-state index in [9.17, 15) is 4.79 Å². The molecule has 0 spiro atoms. The third-order valence-corrected chi connectivity index (χ3v) is 4.53. The molecule has 0 aliphatic carbocycles. The Kier molecular flexibility index (Phi) is 6.44. The van der Waals surface area contributed by atoms with Gasteiger partial charge in [-0.2, -0.15) is 0 Å². The zero-order valence-corrected chi connectivity index (χ0v) is 16.6. The van der Waals surface area contributed by atoms with Crippen LogP contribution < -0.4 is 4.90 Å². The van der Waals surface area contributed by atoms with Crippen LogP contribution in [0.3, 0.4) is 0 Å². The second-order valence-corrected chi connectivity index (χ2v) is 8.03.